The van der Waals surface area contributed by atoms with Crippen LogP contribution >= 0.6 is 0 Å². The van der Waals surface area contributed by atoms with E-state index in [4.69, 9.17) is 9.47 Å². The largest absolute Gasteiger partial charge is 0.388 e. The van der Waals surface area contributed by atoms with Gasteiger partial charge in [-0.3, -0.25) is 0 Å². The molecule has 0 saturated carbocycles. The Labute approximate surface area is 146 Å². The van der Waals surface area contributed by atoms with E-state index in [0.29, 0.717) is 6.61 Å². The molecule has 0 aliphatic carbocycles. The Morgan fingerprint density at radius 2 is 1.71 bits per heavy atom. The van der Waals surface area contributed by atoms with Crippen LogP contribution < -0.4 is 0 Å². The Morgan fingerprint density at radius 3 is 2.38 bits per heavy atom. The highest BCUT2D eigenvalue weighted by Crippen LogP contribution is 2.18. The molecule has 1 heterocycles. The molecule has 4 atom stereocenters. The maximum absolute atomic E-state index is 9.89. The highest BCUT2D eigenvalue weighted by atomic mass is 16.5. The fourth-order valence-electron chi connectivity index (χ4n) is 2.84. The molecule has 1 rings (SSSR count). The monoisotopic (exact) mass is 344 g/mol. The molecule has 0 radical (unpaired) electrons. The molecule has 5 nitrogen and oxygen atoms in total. The van der Waals surface area contributed by atoms with Gasteiger partial charge in [0.05, 0.1) is 13.2 Å². The first-order chi connectivity index (χ1) is 11.7. The zero-order valence-electron chi connectivity index (χ0n) is 15.1. The zero-order valence-corrected chi connectivity index (χ0v) is 15.1. The van der Waals surface area contributed by atoms with Crippen molar-refractivity contribution >= 4 is 0 Å². The predicted octanol–water partition coefficient (Wildman–Crippen LogP) is 2.57. The third-order valence-electron chi connectivity index (χ3n) is 4.39. The van der Waals surface area contributed by atoms with Gasteiger partial charge in [0.15, 0.2) is 0 Å². The van der Waals surface area contributed by atoms with Gasteiger partial charge in [0.1, 0.15) is 24.4 Å². The number of allylic oxidation sites excluding steroid dienone is 2. The minimum atomic E-state index is -1.03. The van der Waals surface area contributed by atoms with Crippen LogP contribution in [0.1, 0.15) is 64.7 Å². The fourth-order valence-corrected chi connectivity index (χ4v) is 2.84. The van der Waals surface area contributed by atoms with E-state index < -0.39 is 24.4 Å². The summed E-state index contributed by atoms with van der Waals surface area (Å²) in [5.74, 6) is 0. The van der Waals surface area contributed by atoms with Gasteiger partial charge in [0.25, 0.3) is 0 Å². The first kappa shape index (κ1) is 21.6. The first-order valence-corrected chi connectivity index (χ1v) is 9.55. The van der Waals surface area contributed by atoms with Crippen molar-refractivity contribution in [2.24, 2.45) is 0 Å². The molecule has 1 saturated heterocycles. The molecule has 0 aromatic rings. The van der Waals surface area contributed by atoms with E-state index in [-0.39, 0.29) is 13.2 Å². The molecule has 0 unspecified atom stereocenters. The lowest BCUT2D eigenvalue weighted by Gasteiger charge is -2.20. The van der Waals surface area contributed by atoms with Gasteiger partial charge in [0, 0.05) is 6.61 Å². The Hall–Kier alpha value is -0.460. The van der Waals surface area contributed by atoms with Crippen molar-refractivity contribution in [1.82, 2.24) is 0 Å². The van der Waals surface area contributed by atoms with Gasteiger partial charge < -0.3 is 24.8 Å². The van der Waals surface area contributed by atoms with Gasteiger partial charge in [-0.1, -0.05) is 51.2 Å². The maximum Gasteiger partial charge on any atom is 0.114 e. The van der Waals surface area contributed by atoms with Crippen LogP contribution in [0.15, 0.2) is 12.2 Å². The summed E-state index contributed by atoms with van der Waals surface area (Å²) in [5, 5.41) is 28.9. The van der Waals surface area contributed by atoms with Crippen LogP contribution in [0, 0.1) is 0 Å². The third kappa shape index (κ3) is 9.14. The second-order valence-electron chi connectivity index (χ2n) is 6.67. The van der Waals surface area contributed by atoms with Crippen molar-refractivity contribution in [3.63, 3.8) is 0 Å². The topological polar surface area (TPSA) is 79.2 Å². The zero-order chi connectivity index (χ0) is 17.6. The van der Waals surface area contributed by atoms with Gasteiger partial charge in [-0.2, -0.15) is 0 Å². The number of aliphatic hydroxyl groups excluding tert-OH is 3. The first-order valence-electron chi connectivity index (χ1n) is 9.55. The number of hydrogen-bond acceptors (Lipinski definition) is 5. The molecule has 0 spiro atoms. The lowest BCUT2D eigenvalue weighted by Crippen LogP contribution is -2.40. The standard InChI is InChI=1S/C19H36O5/c1-2-3-4-5-6-7-8-9-10-11-12-13-23-14-17(21)19-18(22)16(20)15-24-19/h4-5,16-22H,2-3,6-15H2,1H3/b5-4+/t16-,17+,18-,19-/m0/s1. The molecule has 1 aliphatic heterocycles. The van der Waals surface area contributed by atoms with Crippen LogP contribution in [-0.2, 0) is 9.47 Å². The number of unbranched alkanes of at least 4 members (excludes halogenated alkanes) is 7. The van der Waals surface area contributed by atoms with E-state index in [0.717, 1.165) is 12.8 Å². The summed E-state index contributed by atoms with van der Waals surface area (Å²) in [4.78, 5) is 0. The number of aliphatic hydroxyl groups is 3. The summed E-state index contributed by atoms with van der Waals surface area (Å²) in [6, 6.07) is 0. The summed E-state index contributed by atoms with van der Waals surface area (Å²) in [6.07, 6.45) is 11.8. The molecular weight excluding hydrogens is 308 g/mol. The SMILES string of the molecule is CCC/C=C/CCCCCCCCOC[C@@H](O)[C@@H]1OC[C@H](O)[C@@H]1O. The minimum Gasteiger partial charge on any atom is -0.388 e. The molecule has 0 amide bonds. The summed E-state index contributed by atoms with van der Waals surface area (Å²) < 4.78 is 10.6. The summed E-state index contributed by atoms with van der Waals surface area (Å²) in [5.41, 5.74) is 0. The van der Waals surface area contributed by atoms with Gasteiger partial charge in [-0.15, -0.1) is 0 Å². The van der Waals surface area contributed by atoms with Crippen LogP contribution in [0.2, 0.25) is 0 Å². The van der Waals surface area contributed by atoms with Gasteiger partial charge >= 0.3 is 0 Å². The highest BCUT2D eigenvalue weighted by molar-refractivity contribution is 4.87. The Kier molecular flexibility index (Phi) is 12.4. The molecule has 0 aromatic carbocycles. The molecule has 5 heteroatoms. The summed E-state index contributed by atoms with van der Waals surface area (Å²) in [6.45, 7) is 3.02. The lowest BCUT2D eigenvalue weighted by molar-refractivity contribution is -0.0813. The maximum atomic E-state index is 9.89. The van der Waals surface area contributed by atoms with E-state index >= 15 is 0 Å². The smallest absolute Gasteiger partial charge is 0.114 e. The van der Waals surface area contributed by atoms with Crippen molar-refractivity contribution in [3.05, 3.63) is 12.2 Å². The normalized spacial score (nSPS) is 25.6. The number of hydrogen-bond donors (Lipinski definition) is 3. The van der Waals surface area contributed by atoms with E-state index in [1.807, 2.05) is 0 Å². The average Bonchev–Trinajstić information content (AvgIpc) is 2.91. The third-order valence-corrected chi connectivity index (χ3v) is 4.39. The van der Waals surface area contributed by atoms with Crippen LogP contribution in [0.4, 0.5) is 0 Å². The van der Waals surface area contributed by atoms with Gasteiger partial charge in [-0.25, -0.2) is 0 Å². The van der Waals surface area contributed by atoms with Crippen molar-refractivity contribution in [1.29, 1.82) is 0 Å². The van der Waals surface area contributed by atoms with Gasteiger partial charge in [0.2, 0.25) is 0 Å². The van der Waals surface area contributed by atoms with Crippen LogP contribution in [0.3, 0.4) is 0 Å². The quantitative estimate of drug-likeness (QED) is 0.333. The lowest BCUT2D eigenvalue weighted by atomic mass is 10.1. The summed E-state index contributed by atoms with van der Waals surface area (Å²) >= 11 is 0. The fraction of sp³-hybridized carbons (Fsp3) is 0.895. The van der Waals surface area contributed by atoms with Crippen molar-refractivity contribution in [3.8, 4) is 0 Å². The molecule has 142 valence electrons. The minimum absolute atomic E-state index is 0.0668. The molecular formula is C19H36O5. The van der Waals surface area contributed by atoms with Crippen molar-refractivity contribution in [2.75, 3.05) is 19.8 Å². The summed E-state index contributed by atoms with van der Waals surface area (Å²) in [7, 11) is 0. The van der Waals surface area contributed by atoms with E-state index in [1.54, 1.807) is 0 Å². The molecule has 1 fully saturated rings. The molecule has 0 bridgehead atoms. The van der Waals surface area contributed by atoms with Crippen molar-refractivity contribution in [2.45, 2.75) is 89.1 Å². The average molecular weight is 344 g/mol. The number of rotatable bonds is 14. The Bertz CT molecular complexity index is 321. The molecule has 3 N–H and O–H groups in total. The predicted molar refractivity (Wildman–Crippen MR) is 94.9 cm³/mol. The van der Waals surface area contributed by atoms with Crippen LogP contribution in [0.5, 0.6) is 0 Å². The Balaban J connectivity index is 1.85. The number of ether oxygens (including phenoxy) is 2. The van der Waals surface area contributed by atoms with Gasteiger partial charge in [-0.05, 0) is 25.7 Å². The second-order valence-corrected chi connectivity index (χ2v) is 6.67. The van der Waals surface area contributed by atoms with Crippen LogP contribution in [-0.4, -0.2) is 59.6 Å². The van der Waals surface area contributed by atoms with Crippen molar-refractivity contribution < 1.29 is 24.8 Å². The van der Waals surface area contributed by atoms with E-state index in [9.17, 15) is 15.3 Å². The second kappa shape index (κ2) is 13.8. The Morgan fingerprint density at radius 1 is 1.04 bits per heavy atom. The molecule has 24 heavy (non-hydrogen) atoms. The molecule has 1 aliphatic rings. The molecule has 0 aromatic heterocycles. The van der Waals surface area contributed by atoms with E-state index in [2.05, 4.69) is 19.1 Å². The van der Waals surface area contributed by atoms with E-state index in [1.165, 1.54) is 44.9 Å². The van der Waals surface area contributed by atoms with Crippen LogP contribution in [0.25, 0.3) is 0 Å². The highest BCUT2D eigenvalue weighted by Gasteiger charge is 2.39.